The molecule has 0 bridgehead atoms. The van der Waals surface area contributed by atoms with Crippen molar-refractivity contribution in [3.05, 3.63) is 35.4 Å². The molecule has 0 radical (unpaired) electrons. The van der Waals surface area contributed by atoms with Gasteiger partial charge in [0, 0.05) is 12.1 Å². The van der Waals surface area contributed by atoms with Crippen molar-refractivity contribution in [1.82, 2.24) is 10.6 Å². The van der Waals surface area contributed by atoms with Gasteiger partial charge in [-0.25, -0.2) is 0 Å². The molecule has 242 valence electrons. The molecule has 2 saturated carbocycles. The monoisotopic (exact) mass is 612 g/mol. The third kappa shape index (κ3) is 8.21. The van der Waals surface area contributed by atoms with Crippen molar-refractivity contribution in [1.29, 1.82) is 0 Å². The molecule has 0 unspecified atom stereocenters. The van der Waals surface area contributed by atoms with Gasteiger partial charge in [0.05, 0.1) is 40.3 Å². The fourth-order valence-electron chi connectivity index (χ4n) is 6.58. The Bertz CT molecular complexity index is 1120. The maximum absolute atomic E-state index is 14.2. The number of carbonyl (C=O) groups excluding carboxylic acids is 2. The maximum Gasteiger partial charge on any atom is 0.224 e. The van der Waals surface area contributed by atoms with Crippen LogP contribution in [0.4, 0.5) is 0 Å². The van der Waals surface area contributed by atoms with Gasteiger partial charge >= 0.3 is 0 Å². The van der Waals surface area contributed by atoms with Crippen molar-refractivity contribution in [3.8, 4) is 34.5 Å². The number of nitrogens with one attached hydrogen (secondary N) is 2. The Kier molecular flexibility index (Phi) is 11.9. The molecular weight excluding hydrogens is 564 g/mol. The zero-order valence-corrected chi connectivity index (χ0v) is 26.4. The minimum Gasteiger partial charge on any atom is -0.502 e. The molecule has 0 heterocycles. The number of methoxy groups -OCH3 is 4. The summed E-state index contributed by atoms with van der Waals surface area (Å²) in [5.74, 6) is -1.26. The van der Waals surface area contributed by atoms with Gasteiger partial charge in [-0.1, -0.05) is 38.5 Å². The highest BCUT2D eigenvalue weighted by atomic mass is 16.5. The van der Waals surface area contributed by atoms with E-state index in [1.54, 1.807) is 24.3 Å². The molecule has 4 rings (SSSR count). The Hall–Kier alpha value is -3.82. The number of ether oxygens (including phenoxy) is 4. The quantitative estimate of drug-likeness (QED) is 0.247. The van der Waals surface area contributed by atoms with Crippen LogP contribution < -0.4 is 29.6 Å². The van der Waals surface area contributed by atoms with Crippen LogP contribution in [0.15, 0.2) is 24.3 Å². The summed E-state index contributed by atoms with van der Waals surface area (Å²) in [5.41, 5.74) is 1.38. The molecule has 2 fully saturated rings. The first-order valence-corrected chi connectivity index (χ1v) is 15.8. The van der Waals surface area contributed by atoms with Gasteiger partial charge in [0.1, 0.15) is 0 Å². The molecule has 0 aromatic heterocycles. The lowest BCUT2D eigenvalue weighted by Gasteiger charge is -2.32. The van der Waals surface area contributed by atoms with E-state index in [1.165, 1.54) is 28.4 Å². The number of hydrogen-bond donors (Lipinski definition) is 4. The summed E-state index contributed by atoms with van der Waals surface area (Å²) < 4.78 is 21.6. The van der Waals surface area contributed by atoms with Crippen LogP contribution in [-0.4, -0.2) is 62.6 Å². The third-order valence-corrected chi connectivity index (χ3v) is 9.05. The van der Waals surface area contributed by atoms with Crippen LogP contribution in [0.3, 0.4) is 0 Å². The van der Waals surface area contributed by atoms with Gasteiger partial charge in [-0.15, -0.1) is 0 Å². The zero-order valence-electron chi connectivity index (χ0n) is 26.4. The van der Waals surface area contributed by atoms with Gasteiger partial charge < -0.3 is 39.8 Å². The van der Waals surface area contributed by atoms with Crippen LogP contribution in [0, 0.1) is 11.8 Å². The number of phenolic OH excluding ortho intramolecular Hbond substituents is 2. The molecule has 2 atom stereocenters. The van der Waals surface area contributed by atoms with Gasteiger partial charge in [0.25, 0.3) is 0 Å². The van der Waals surface area contributed by atoms with Crippen LogP contribution in [0.25, 0.3) is 0 Å². The predicted octanol–water partition coefficient (Wildman–Crippen LogP) is 5.05. The molecular formula is C34H48N2O8. The Labute approximate surface area is 260 Å². The predicted molar refractivity (Wildman–Crippen MR) is 167 cm³/mol. The van der Waals surface area contributed by atoms with Gasteiger partial charge in [0.15, 0.2) is 23.0 Å². The molecule has 2 aromatic carbocycles. The Balaban J connectivity index is 1.76. The van der Waals surface area contributed by atoms with Gasteiger partial charge in [-0.2, -0.15) is 0 Å². The molecule has 4 N–H and O–H groups in total. The van der Waals surface area contributed by atoms with Crippen molar-refractivity contribution in [2.24, 2.45) is 11.8 Å². The number of amides is 2. The lowest BCUT2D eigenvalue weighted by molar-refractivity contribution is -0.136. The smallest absolute Gasteiger partial charge is 0.224 e. The SMILES string of the molecule is COc1cc(C[C@H](C(=O)NC2CCCCC2)[C@@H](Cc2cc(OC)c(O)c(OC)c2)C(=O)NC2CCCCC2)cc(OC)c1O. The summed E-state index contributed by atoms with van der Waals surface area (Å²) in [7, 11) is 5.82. The van der Waals surface area contributed by atoms with Gasteiger partial charge in [-0.05, 0) is 73.9 Å². The first kappa shape index (κ1) is 33.1. The molecule has 0 saturated heterocycles. The van der Waals surface area contributed by atoms with Crippen molar-refractivity contribution < 1.29 is 38.7 Å². The van der Waals surface area contributed by atoms with Crippen LogP contribution in [0.1, 0.15) is 75.3 Å². The minimum atomic E-state index is -0.759. The van der Waals surface area contributed by atoms with E-state index >= 15 is 0 Å². The van der Waals surface area contributed by atoms with E-state index in [9.17, 15) is 19.8 Å². The van der Waals surface area contributed by atoms with Gasteiger partial charge in [0.2, 0.25) is 23.3 Å². The first-order valence-electron chi connectivity index (χ1n) is 15.8. The van der Waals surface area contributed by atoms with Crippen molar-refractivity contribution in [2.45, 2.75) is 89.1 Å². The van der Waals surface area contributed by atoms with E-state index in [0.717, 1.165) is 64.2 Å². The maximum atomic E-state index is 14.2. The second-order valence-electron chi connectivity index (χ2n) is 12.0. The summed E-state index contributed by atoms with van der Waals surface area (Å²) >= 11 is 0. The van der Waals surface area contributed by atoms with E-state index in [2.05, 4.69) is 10.6 Å². The lowest BCUT2D eigenvalue weighted by atomic mass is 9.80. The number of benzene rings is 2. The van der Waals surface area contributed by atoms with Crippen molar-refractivity contribution in [2.75, 3.05) is 28.4 Å². The number of rotatable bonds is 13. The highest BCUT2D eigenvalue weighted by Crippen LogP contribution is 2.40. The van der Waals surface area contributed by atoms with E-state index in [0.29, 0.717) is 11.1 Å². The summed E-state index contributed by atoms with van der Waals surface area (Å²) in [6.45, 7) is 0. The molecule has 0 spiro atoms. The molecule has 10 nitrogen and oxygen atoms in total. The van der Waals surface area contributed by atoms with E-state index < -0.39 is 11.8 Å². The summed E-state index contributed by atoms with van der Waals surface area (Å²) in [5, 5.41) is 27.6. The van der Waals surface area contributed by atoms with Gasteiger partial charge in [-0.3, -0.25) is 9.59 Å². The summed E-state index contributed by atoms with van der Waals surface area (Å²) in [6, 6.07) is 6.84. The van der Waals surface area contributed by atoms with E-state index in [1.807, 2.05) is 0 Å². The Morgan fingerprint density at radius 2 is 0.909 bits per heavy atom. The third-order valence-electron chi connectivity index (χ3n) is 9.05. The number of phenols is 2. The second-order valence-corrected chi connectivity index (χ2v) is 12.0. The molecule has 0 aliphatic heterocycles. The Morgan fingerprint density at radius 3 is 1.18 bits per heavy atom. The fourth-order valence-corrected chi connectivity index (χ4v) is 6.58. The molecule has 44 heavy (non-hydrogen) atoms. The molecule has 2 amide bonds. The van der Waals surface area contributed by atoms with Crippen molar-refractivity contribution in [3.63, 3.8) is 0 Å². The molecule has 2 aromatic rings. The summed E-state index contributed by atoms with van der Waals surface area (Å²) in [6.07, 6.45) is 10.6. The number of hydrogen-bond acceptors (Lipinski definition) is 8. The largest absolute Gasteiger partial charge is 0.502 e. The fraction of sp³-hybridized carbons (Fsp3) is 0.588. The van der Waals surface area contributed by atoms with Crippen molar-refractivity contribution >= 4 is 11.8 Å². The lowest BCUT2D eigenvalue weighted by Crippen LogP contribution is -2.49. The standard InChI is InChI=1S/C34H48N2O8/c1-41-27-17-21(18-28(42-2)31(27)37)15-25(33(39)35-23-11-7-5-8-12-23)26(34(40)36-24-13-9-6-10-14-24)16-22-19-29(43-3)32(38)30(20-22)44-4/h17-20,23-26,37-38H,5-16H2,1-4H3,(H,35,39)(H,36,40)/t25-,26+. The molecule has 2 aliphatic rings. The first-order chi connectivity index (χ1) is 21.3. The molecule has 10 heteroatoms. The van der Waals surface area contributed by atoms with E-state index in [-0.39, 0.29) is 71.2 Å². The highest BCUT2D eigenvalue weighted by Gasteiger charge is 2.37. The highest BCUT2D eigenvalue weighted by molar-refractivity contribution is 5.88. The zero-order chi connectivity index (χ0) is 31.6. The van der Waals surface area contributed by atoms with Crippen LogP contribution in [0.2, 0.25) is 0 Å². The van der Waals surface area contributed by atoms with Crippen LogP contribution >= 0.6 is 0 Å². The topological polar surface area (TPSA) is 136 Å². The average molecular weight is 613 g/mol. The average Bonchev–Trinajstić information content (AvgIpc) is 3.04. The second kappa shape index (κ2) is 15.8. The Morgan fingerprint density at radius 1 is 0.614 bits per heavy atom. The minimum absolute atomic E-state index is 0.0542. The van der Waals surface area contributed by atoms with Crippen LogP contribution in [-0.2, 0) is 22.4 Å². The summed E-state index contributed by atoms with van der Waals surface area (Å²) in [4.78, 5) is 28.5. The van der Waals surface area contributed by atoms with Crippen LogP contribution in [0.5, 0.6) is 34.5 Å². The molecule has 2 aliphatic carbocycles. The number of aromatic hydroxyl groups is 2. The normalized spacial score (nSPS) is 17.3. The van der Waals surface area contributed by atoms with E-state index in [4.69, 9.17) is 18.9 Å². The number of carbonyl (C=O) groups is 2.